The highest BCUT2D eigenvalue weighted by Crippen LogP contribution is 2.43. The number of nitrogens with two attached hydrogens (primary N) is 1. The van der Waals surface area contributed by atoms with Crippen LogP contribution in [0.2, 0.25) is 0 Å². The van der Waals surface area contributed by atoms with Crippen LogP contribution in [0.25, 0.3) is 0 Å². The number of aromatic hydroxyl groups is 3. The molecule has 2 bridgehead atoms. The average Bonchev–Trinajstić information content (AvgIpc) is 2.85. The fourth-order valence-corrected chi connectivity index (χ4v) is 4.95. The highest BCUT2D eigenvalue weighted by Gasteiger charge is 2.29. The van der Waals surface area contributed by atoms with Crippen molar-refractivity contribution >= 4 is 17.7 Å². The number of ether oxygens (including phenoxy) is 2. The first-order valence-electron chi connectivity index (χ1n) is 12.9. The zero-order valence-corrected chi connectivity index (χ0v) is 23.0. The van der Waals surface area contributed by atoms with E-state index in [1.165, 1.54) is 7.11 Å². The third-order valence-corrected chi connectivity index (χ3v) is 7.17. The molecule has 0 saturated carbocycles. The second kappa shape index (κ2) is 13.5. The van der Waals surface area contributed by atoms with E-state index in [0.717, 1.165) is 11.6 Å². The molecule has 1 aromatic rings. The second-order valence-corrected chi connectivity index (χ2v) is 10.5. The Balaban J connectivity index is 2.53. The summed E-state index contributed by atoms with van der Waals surface area (Å²) in [5.74, 6) is -2.47. The largest absolute Gasteiger partial charge is 0.505 e. The zero-order valence-electron chi connectivity index (χ0n) is 23.0. The van der Waals surface area contributed by atoms with E-state index in [1.54, 1.807) is 13.0 Å². The molecule has 6 atom stereocenters. The molecule has 10 nitrogen and oxygen atoms in total. The number of hydrogen-bond donors (Lipinski definition) is 6. The van der Waals surface area contributed by atoms with Crippen molar-refractivity contribution in [2.75, 3.05) is 12.4 Å². The number of carbonyl (C=O) groups is 2. The van der Waals surface area contributed by atoms with Gasteiger partial charge in [0.05, 0.1) is 17.9 Å². The number of primary amides is 1. The van der Waals surface area contributed by atoms with Gasteiger partial charge < -0.3 is 41.0 Å². The number of rotatable bonds is 2. The molecule has 0 unspecified atom stereocenters. The van der Waals surface area contributed by atoms with Gasteiger partial charge in [0, 0.05) is 30.2 Å². The predicted molar refractivity (Wildman–Crippen MR) is 144 cm³/mol. The van der Waals surface area contributed by atoms with Crippen LogP contribution in [0, 0.1) is 17.8 Å². The highest BCUT2D eigenvalue weighted by molar-refractivity contribution is 6.04. The molecule has 7 N–H and O–H groups in total. The van der Waals surface area contributed by atoms with E-state index in [-0.39, 0.29) is 41.2 Å². The number of amides is 2. The quantitative estimate of drug-likeness (QED) is 0.187. The summed E-state index contributed by atoms with van der Waals surface area (Å²) in [6, 6.07) is 1.10. The molecule has 1 aliphatic rings. The number of anilines is 1. The number of fused-ring (bicyclic) bond motifs is 2. The molecule has 0 aromatic heterocycles. The number of aliphatic hydroxyl groups excluding tert-OH is 1. The van der Waals surface area contributed by atoms with E-state index in [1.807, 2.05) is 33.8 Å². The summed E-state index contributed by atoms with van der Waals surface area (Å²) in [5.41, 5.74) is 6.52. The lowest BCUT2D eigenvalue weighted by Crippen LogP contribution is -2.35. The molecule has 0 fully saturated rings. The van der Waals surface area contributed by atoms with Gasteiger partial charge in [-0.3, -0.25) is 4.79 Å². The maximum absolute atomic E-state index is 12.8. The third kappa shape index (κ3) is 7.88. The SMILES string of the molecule is CO[C@H]1C[C@H](C)Cc2c(O)c(O)cc(c2O)NC(=O)C(C)=CCC[C@H](C)[C@@H](OC(N)=O)C(C)=C[C@H](C)[C@H]1O. The predicted octanol–water partition coefficient (Wildman–Crippen LogP) is 4.11. The molecular weight excluding hydrogens is 492 g/mol. The Morgan fingerprint density at radius 2 is 1.79 bits per heavy atom. The number of aliphatic hydroxyl groups is 1. The minimum absolute atomic E-state index is 0.0294. The van der Waals surface area contributed by atoms with Gasteiger partial charge in [-0.25, -0.2) is 4.79 Å². The first kappa shape index (κ1) is 31.0. The van der Waals surface area contributed by atoms with Gasteiger partial charge in [0.15, 0.2) is 11.5 Å². The van der Waals surface area contributed by atoms with Crippen LogP contribution in [0.4, 0.5) is 10.5 Å². The molecule has 0 radical (unpaired) electrons. The van der Waals surface area contributed by atoms with E-state index in [9.17, 15) is 30.0 Å². The summed E-state index contributed by atoms with van der Waals surface area (Å²) < 4.78 is 11.0. The van der Waals surface area contributed by atoms with Crippen LogP contribution in [-0.2, 0) is 20.7 Å². The van der Waals surface area contributed by atoms with Crippen LogP contribution in [0.3, 0.4) is 0 Å². The summed E-state index contributed by atoms with van der Waals surface area (Å²) >= 11 is 0. The van der Waals surface area contributed by atoms with Crippen LogP contribution in [0.15, 0.2) is 29.4 Å². The fourth-order valence-electron chi connectivity index (χ4n) is 4.95. The number of nitrogens with one attached hydrogen (secondary N) is 1. The van der Waals surface area contributed by atoms with Crippen molar-refractivity contribution in [3.8, 4) is 17.2 Å². The zero-order chi connectivity index (χ0) is 28.7. The van der Waals surface area contributed by atoms with Crippen LogP contribution < -0.4 is 11.1 Å². The monoisotopic (exact) mass is 534 g/mol. The summed E-state index contributed by atoms with van der Waals surface area (Å²) in [4.78, 5) is 24.4. The topological polar surface area (TPSA) is 172 Å². The van der Waals surface area contributed by atoms with Crippen LogP contribution in [-0.4, -0.2) is 57.8 Å². The molecule has 2 amide bonds. The maximum Gasteiger partial charge on any atom is 0.405 e. The maximum atomic E-state index is 12.8. The third-order valence-electron chi connectivity index (χ3n) is 7.17. The Kier molecular flexibility index (Phi) is 11.0. The van der Waals surface area contributed by atoms with Crippen molar-refractivity contribution in [3.05, 3.63) is 34.9 Å². The number of benzene rings is 1. The molecule has 1 aliphatic heterocycles. The first-order valence-corrected chi connectivity index (χ1v) is 12.9. The van der Waals surface area contributed by atoms with Gasteiger partial charge in [-0.15, -0.1) is 0 Å². The minimum atomic E-state index is -0.907. The summed E-state index contributed by atoms with van der Waals surface area (Å²) in [5, 5.41) is 45.2. The molecule has 2 rings (SSSR count). The summed E-state index contributed by atoms with van der Waals surface area (Å²) in [7, 11) is 1.49. The summed E-state index contributed by atoms with van der Waals surface area (Å²) in [6.45, 7) is 9.05. The van der Waals surface area contributed by atoms with Gasteiger partial charge in [0.25, 0.3) is 5.91 Å². The van der Waals surface area contributed by atoms with Gasteiger partial charge in [0.2, 0.25) is 0 Å². The fraction of sp³-hybridized carbons (Fsp3) is 0.571. The molecular formula is C28H42N2O8. The first-order chi connectivity index (χ1) is 17.8. The molecule has 212 valence electrons. The number of hydrogen-bond acceptors (Lipinski definition) is 8. The Morgan fingerprint density at radius 1 is 1.13 bits per heavy atom. The Bertz CT molecular complexity index is 1070. The average molecular weight is 535 g/mol. The number of carbonyl (C=O) groups excluding carboxylic acids is 2. The number of phenolic OH excluding ortho intramolecular Hbond substituents is 3. The summed E-state index contributed by atoms with van der Waals surface area (Å²) in [6.07, 6.45) is 2.13. The minimum Gasteiger partial charge on any atom is -0.505 e. The van der Waals surface area contributed by atoms with E-state index in [4.69, 9.17) is 15.2 Å². The molecule has 0 saturated heterocycles. The van der Waals surface area contributed by atoms with Gasteiger partial charge in [-0.05, 0) is 56.9 Å². The Morgan fingerprint density at radius 3 is 2.39 bits per heavy atom. The van der Waals surface area contributed by atoms with Crippen molar-refractivity contribution in [2.45, 2.75) is 78.6 Å². The van der Waals surface area contributed by atoms with Crippen molar-refractivity contribution in [1.29, 1.82) is 0 Å². The standard InChI is InChI=1S/C28H42N2O8/c1-14-10-19-24(33)20(13-21(31)25(19)34)30-27(35)16(3)9-7-8-15(2)26(38-28(29)36)18(5)12-17(4)23(32)22(11-14)37-6/h9,12-15,17,22-23,26,31-34H,7-8,10-11H2,1-6H3,(H2,29,36)(H,30,35)/t14-,15+,17+,22+,23-,26-/m1/s1. The van der Waals surface area contributed by atoms with Gasteiger partial charge in [0.1, 0.15) is 11.9 Å². The molecule has 0 aliphatic carbocycles. The molecule has 1 aromatic carbocycles. The normalized spacial score (nSPS) is 28.1. The van der Waals surface area contributed by atoms with Gasteiger partial charge >= 0.3 is 6.09 Å². The molecule has 0 spiro atoms. The van der Waals surface area contributed by atoms with Gasteiger partial charge in [-0.1, -0.05) is 32.9 Å². The second-order valence-electron chi connectivity index (χ2n) is 10.5. The Labute approximate surface area is 224 Å². The smallest absolute Gasteiger partial charge is 0.405 e. The van der Waals surface area contributed by atoms with Crippen LogP contribution in [0.1, 0.15) is 59.4 Å². The molecule has 10 heteroatoms. The number of phenols is 3. The number of allylic oxidation sites excluding steroid dienone is 1. The van der Waals surface area contributed by atoms with Gasteiger partial charge in [-0.2, -0.15) is 0 Å². The van der Waals surface area contributed by atoms with Crippen LogP contribution >= 0.6 is 0 Å². The van der Waals surface area contributed by atoms with Crippen molar-refractivity contribution < 1.29 is 39.5 Å². The lowest BCUT2D eigenvalue weighted by atomic mass is 9.86. The van der Waals surface area contributed by atoms with E-state index in [0.29, 0.717) is 24.8 Å². The van der Waals surface area contributed by atoms with E-state index in [2.05, 4.69) is 5.32 Å². The lowest BCUT2D eigenvalue weighted by molar-refractivity contribution is -0.112. The van der Waals surface area contributed by atoms with Crippen molar-refractivity contribution in [3.63, 3.8) is 0 Å². The molecule has 38 heavy (non-hydrogen) atoms. The lowest BCUT2D eigenvalue weighted by Gasteiger charge is -2.29. The Hall–Kier alpha value is -3.24. The highest BCUT2D eigenvalue weighted by atomic mass is 16.6. The number of methoxy groups -OCH3 is 1. The van der Waals surface area contributed by atoms with E-state index < -0.39 is 41.8 Å². The van der Waals surface area contributed by atoms with Crippen molar-refractivity contribution in [1.82, 2.24) is 0 Å². The van der Waals surface area contributed by atoms with E-state index >= 15 is 0 Å². The van der Waals surface area contributed by atoms with Crippen LogP contribution in [0.5, 0.6) is 17.2 Å². The van der Waals surface area contributed by atoms with Crippen molar-refractivity contribution in [2.24, 2.45) is 23.5 Å². The molecule has 1 heterocycles.